The lowest BCUT2D eigenvalue weighted by Gasteiger charge is -2.09. The number of Topliss-reactive ketones (excluding diaryl/α,β-unsaturated/α-hetero) is 1. The van der Waals surface area contributed by atoms with E-state index in [4.69, 9.17) is 10.2 Å². The number of allylic oxidation sites excluding steroid dienone is 1. The number of nitrogens with one attached hydrogen (secondary N) is 1. The van der Waals surface area contributed by atoms with Crippen molar-refractivity contribution < 1.29 is 24.6 Å². The highest BCUT2D eigenvalue weighted by atomic mass is 16.4. The first-order valence-corrected chi connectivity index (χ1v) is 4.81. The van der Waals surface area contributed by atoms with Crippen molar-refractivity contribution in [2.24, 2.45) is 0 Å². The molecular weight excluding hydrogens is 240 g/mol. The van der Waals surface area contributed by atoms with E-state index in [1.165, 1.54) is 18.3 Å². The van der Waals surface area contributed by atoms with Gasteiger partial charge in [0.15, 0.2) is 0 Å². The largest absolute Gasteiger partial charge is 0.478 e. The highest BCUT2D eigenvalue weighted by Gasteiger charge is 2.15. The number of aromatic nitrogens is 1. The molecule has 0 atom stereocenters. The van der Waals surface area contributed by atoms with Gasteiger partial charge in [0.25, 0.3) is 0 Å². The van der Waals surface area contributed by atoms with Crippen molar-refractivity contribution in [1.29, 1.82) is 0 Å². The molecule has 94 valence electrons. The molecule has 0 spiro atoms. The molecule has 0 saturated heterocycles. The number of anilines is 1. The van der Waals surface area contributed by atoms with E-state index in [0.717, 1.165) is 0 Å². The van der Waals surface area contributed by atoms with E-state index in [1.54, 1.807) is 0 Å². The Bertz CT molecular complexity index is 524. The normalized spacial score (nSPS) is 9.56. The quantitative estimate of drug-likeness (QED) is 0.637. The molecule has 0 aromatic carbocycles. The third-order valence-electron chi connectivity index (χ3n) is 1.95. The van der Waals surface area contributed by atoms with Crippen molar-refractivity contribution in [2.75, 3.05) is 5.32 Å². The van der Waals surface area contributed by atoms with Crippen LogP contribution in [0.1, 0.15) is 16.8 Å². The Balaban J connectivity index is 2.79. The summed E-state index contributed by atoms with van der Waals surface area (Å²) in [5, 5.41) is 19.8. The summed E-state index contributed by atoms with van der Waals surface area (Å²) < 4.78 is 0. The molecule has 18 heavy (non-hydrogen) atoms. The van der Waals surface area contributed by atoms with Crippen LogP contribution in [0.2, 0.25) is 0 Å². The number of carboxylic acids is 2. The average molecular weight is 250 g/mol. The standard InChI is InChI=1S/C11H10N2O5/c1-6(5-8(14)11(17)18)13-9-7(10(15)16)3-2-4-12-9/h2-4H,1,5H2,(H,12,13)(H,15,16)(H,17,18). The fourth-order valence-electron chi connectivity index (χ4n) is 1.16. The van der Waals surface area contributed by atoms with Gasteiger partial charge in [0.1, 0.15) is 11.4 Å². The number of hydrogen-bond acceptors (Lipinski definition) is 5. The number of aliphatic carboxylic acids is 1. The summed E-state index contributed by atoms with van der Waals surface area (Å²) in [4.78, 5) is 35.9. The predicted molar refractivity (Wildman–Crippen MR) is 61.2 cm³/mol. The highest BCUT2D eigenvalue weighted by molar-refractivity contribution is 6.33. The van der Waals surface area contributed by atoms with E-state index < -0.39 is 24.1 Å². The molecule has 1 rings (SSSR count). The minimum Gasteiger partial charge on any atom is -0.478 e. The number of ketones is 1. The van der Waals surface area contributed by atoms with Crippen molar-refractivity contribution in [3.8, 4) is 0 Å². The van der Waals surface area contributed by atoms with Crippen LogP contribution in [0.5, 0.6) is 0 Å². The van der Waals surface area contributed by atoms with Crippen LogP contribution in [0.15, 0.2) is 30.6 Å². The third kappa shape index (κ3) is 3.41. The minimum atomic E-state index is -1.57. The van der Waals surface area contributed by atoms with Crippen molar-refractivity contribution >= 4 is 23.5 Å². The molecule has 7 heteroatoms. The average Bonchev–Trinajstić information content (AvgIpc) is 2.28. The van der Waals surface area contributed by atoms with Crippen LogP contribution >= 0.6 is 0 Å². The van der Waals surface area contributed by atoms with Crippen LogP contribution in [-0.2, 0) is 9.59 Å². The second kappa shape index (κ2) is 5.58. The summed E-state index contributed by atoms with van der Waals surface area (Å²) >= 11 is 0. The number of aromatic carboxylic acids is 1. The van der Waals surface area contributed by atoms with Gasteiger partial charge >= 0.3 is 11.9 Å². The minimum absolute atomic E-state index is 0.00758. The van der Waals surface area contributed by atoms with Gasteiger partial charge in [-0.1, -0.05) is 6.58 Å². The summed E-state index contributed by atoms with van der Waals surface area (Å²) in [6.45, 7) is 3.44. The number of hydrogen-bond donors (Lipinski definition) is 3. The van der Waals surface area contributed by atoms with E-state index in [0.29, 0.717) is 0 Å². The van der Waals surface area contributed by atoms with Gasteiger partial charge in [0.05, 0.1) is 6.42 Å². The van der Waals surface area contributed by atoms with Gasteiger partial charge < -0.3 is 15.5 Å². The molecule has 1 aromatic heterocycles. The number of carbonyl (C=O) groups is 3. The maximum Gasteiger partial charge on any atom is 0.372 e. The van der Waals surface area contributed by atoms with E-state index in [9.17, 15) is 14.4 Å². The summed E-state index contributed by atoms with van der Waals surface area (Å²) in [6, 6.07) is 2.77. The zero-order chi connectivity index (χ0) is 13.7. The van der Waals surface area contributed by atoms with Crippen molar-refractivity contribution in [1.82, 2.24) is 4.98 Å². The van der Waals surface area contributed by atoms with Crippen molar-refractivity contribution in [2.45, 2.75) is 6.42 Å². The third-order valence-corrected chi connectivity index (χ3v) is 1.95. The Morgan fingerprint density at radius 2 is 2.00 bits per heavy atom. The van der Waals surface area contributed by atoms with Crippen molar-refractivity contribution in [3.63, 3.8) is 0 Å². The maximum atomic E-state index is 10.9. The Morgan fingerprint density at radius 1 is 1.33 bits per heavy atom. The first kappa shape index (κ1) is 13.4. The second-order valence-corrected chi connectivity index (χ2v) is 3.34. The number of carbonyl (C=O) groups excluding carboxylic acids is 1. The zero-order valence-corrected chi connectivity index (χ0v) is 9.21. The molecule has 0 radical (unpaired) electrons. The number of pyridine rings is 1. The van der Waals surface area contributed by atoms with Gasteiger partial charge in [-0.15, -0.1) is 0 Å². The Morgan fingerprint density at radius 3 is 2.56 bits per heavy atom. The molecule has 0 amide bonds. The fourth-order valence-corrected chi connectivity index (χ4v) is 1.16. The molecule has 7 nitrogen and oxygen atoms in total. The van der Waals surface area contributed by atoms with Crippen LogP contribution in [-0.4, -0.2) is 32.9 Å². The lowest BCUT2D eigenvalue weighted by Crippen LogP contribution is -2.16. The predicted octanol–water partition coefficient (Wildman–Crippen LogP) is 0.749. The number of carboxylic acid groups (broad SMARTS) is 2. The van der Waals surface area contributed by atoms with Crippen LogP contribution in [0.3, 0.4) is 0 Å². The van der Waals surface area contributed by atoms with Crippen molar-refractivity contribution in [3.05, 3.63) is 36.2 Å². The Kier molecular flexibility index (Phi) is 4.14. The monoisotopic (exact) mass is 250 g/mol. The topological polar surface area (TPSA) is 117 Å². The first-order chi connectivity index (χ1) is 8.41. The fraction of sp³-hybridized carbons (Fsp3) is 0.0909. The first-order valence-electron chi connectivity index (χ1n) is 4.81. The van der Waals surface area contributed by atoms with Gasteiger partial charge in [-0.25, -0.2) is 14.6 Å². The SMILES string of the molecule is C=C(CC(=O)C(=O)O)Nc1ncccc1C(=O)O. The second-order valence-electron chi connectivity index (χ2n) is 3.34. The van der Waals surface area contributed by atoms with Crippen LogP contribution in [0, 0.1) is 0 Å². The van der Waals surface area contributed by atoms with E-state index in [-0.39, 0.29) is 17.1 Å². The van der Waals surface area contributed by atoms with E-state index >= 15 is 0 Å². The molecule has 0 aliphatic carbocycles. The molecule has 1 heterocycles. The summed E-state index contributed by atoms with van der Waals surface area (Å²) in [5.41, 5.74) is -0.0370. The summed E-state index contributed by atoms with van der Waals surface area (Å²) in [7, 11) is 0. The summed E-state index contributed by atoms with van der Waals surface area (Å²) in [6.07, 6.45) is 0.923. The Hall–Kier alpha value is -2.70. The smallest absolute Gasteiger partial charge is 0.372 e. The van der Waals surface area contributed by atoms with Gasteiger partial charge in [-0.3, -0.25) is 4.79 Å². The molecular formula is C11H10N2O5. The van der Waals surface area contributed by atoms with Gasteiger partial charge in [-0.05, 0) is 12.1 Å². The highest BCUT2D eigenvalue weighted by Crippen LogP contribution is 2.14. The van der Waals surface area contributed by atoms with Gasteiger partial charge in [-0.2, -0.15) is 0 Å². The lowest BCUT2D eigenvalue weighted by molar-refractivity contribution is -0.148. The molecule has 0 fully saturated rings. The Labute approximate surface area is 102 Å². The molecule has 0 bridgehead atoms. The lowest BCUT2D eigenvalue weighted by atomic mass is 10.2. The molecule has 0 aliphatic rings. The zero-order valence-electron chi connectivity index (χ0n) is 9.21. The molecule has 1 aromatic rings. The molecule has 0 saturated carbocycles. The van der Waals surface area contributed by atoms with Gasteiger partial charge in [0.2, 0.25) is 5.78 Å². The van der Waals surface area contributed by atoms with E-state index in [1.807, 2.05) is 0 Å². The number of rotatable bonds is 6. The molecule has 0 unspecified atom stereocenters. The van der Waals surface area contributed by atoms with Crippen LogP contribution < -0.4 is 5.32 Å². The van der Waals surface area contributed by atoms with Crippen LogP contribution in [0.4, 0.5) is 5.82 Å². The van der Waals surface area contributed by atoms with Crippen LogP contribution in [0.25, 0.3) is 0 Å². The molecule has 3 N–H and O–H groups in total. The maximum absolute atomic E-state index is 10.9. The van der Waals surface area contributed by atoms with Gasteiger partial charge in [0, 0.05) is 11.9 Å². The van der Waals surface area contributed by atoms with E-state index in [2.05, 4.69) is 16.9 Å². The summed E-state index contributed by atoms with van der Waals surface area (Å²) in [5.74, 6) is -3.80. The molecule has 0 aliphatic heterocycles. The number of nitrogens with zero attached hydrogens (tertiary/aromatic N) is 1.